The van der Waals surface area contributed by atoms with Crippen LogP contribution < -0.4 is 5.73 Å². The maximum atomic E-state index is 5.36. The molecule has 0 spiro atoms. The highest BCUT2D eigenvalue weighted by Crippen LogP contribution is 2.17. The van der Waals surface area contributed by atoms with E-state index in [1.165, 1.54) is 13.1 Å². The van der Waals surface area contributed by atoms with Gasteiger partial charge in [-0.3, -0.25) is 0 Å². The molecule has 0 saturated carbocycles. The monoisotopic (exact) mass is 172 g/mol. The minimum absolute atomic E-state index is 0.639. The Bertz CT molecular complexity index is 122. The number of rotatable bonds is 5. The van der Waals surface area contributed by atoms with Crippen LogP contribution in [0.1, 0.15) is 13.8 Å². The summed E-state index contributed by atoms with van der Waals surface area (Å²) in [6.07, 6.45) is 0. The third-order valence-corrected chi connectivity index (χ3v) is 2.33. The Morgan fingerprint density at radius 3 is 2.67 bits per heavy atom. The average molecular weight is 172 g/mol. The van der Waals surface area contributed by atoms with Gasteiger partial charge in [0.15, 0.2) is 0 Å². The van der Waals surface area contributed by atoms with E-state index in [4.69, 9.17) is 10.5 Å². The van der Waals surface area contributed by atoms with Gasteiger partial charge in [0.05, 0.1) is 13.2 Å². The van der Waals surface area contributed by atoms with E-state index < -0.39 is 0 Å². The quantitative estimate of drug-likeness (QED) is 0.606. The van der Waals surface area contributed by atoms with Crippen LogP contribution in [0.2, 0.25) is 0 Å². The summed E-state index contributed by atoms with van der Waals surface area (Å²) in [7, 11) is 0. The number of hydrogen-bond donors (Lipinski definition) is 1. The van der Waals surface area contributed by atoms with Crippen LogP contribution in [0.15, 0.2) is 0 Å². The van der Waals surface area contributed by atoms with E-state index >= 15 is 0 Å². The van der Waals surface area contributed by atoms with Crippen LogP contribution in [0.4, 0.5) is 0 Å². The van der Waals surface area contributed by atoms with Crippen molar-refractivity contribution in [3.8, 4) is 0 Å². The first kappa shape index (κ1) is 9.96. The van der Waals surface area contributed by atoms with Crippen LogP contribution in [-0.2, 0) is 4.74 Å². The Labute approximate surface area is 74.9 Å². The molecule has 72 valence electrons. The van der Waals surface area contributed by atoms with Crippen molar-refractivity contribution >= 4 is 0 Å². The Morgan fingerprint density at radius 2 is 2.17 bits per heavy atom. The van der Waals surface area contributed by atoms with Gasteiger partial charge in [0.1, 0.15) is 0 Å². The molecule has 0 aliphatic carbocycles. The highest BCUT2D eigenvalue weighted by molar-refractivity contribution is 4.81. The summed E-state index contributed by atoms with van der Waals surface area (Å²) in [5, 5.41) is 0. The van der Waals surface area contributed by atoms with Crippen LogP contribution in [0.25, 0.3) is 0 Å². The van der Waals surface area contributed by atoms with Crippen LogP contribution in [0.5, 0.6) is 0 Å². The van der Waals surface area contributed by atoms with Gasteiger partial charge in [0.2, 0.25) is 0 Å². The molecule has 12 heavy (non-hydrogen) atoms. The summed E-state index contributed by atoms with van der Waals surface area (Å²) in [6.45, 7) is 9.09. The average Bonchev–Trinajstić information content (AvgIpc) is 1.93. The second-order valence-electron chi connectivity index (χ2n) is 3.78. The summed E-state index contributed by atoms with van der Waals surface area (Å²) < 4.78 is 5.36. The molecule has 1 fully saturated rings. The SMILES string of the molecule is CC(C)N1CC(COCCN)C1. The Balaban J connectivity index is 1.95. The first-order valence-electron chi connectivity index (χ1n) is 4.76. The van der Waals surface area contributed by atoms with Crippen molar-refractivity contribution in [1.82, 2.24) is 4.90 Å². The van der Waals surface area contributed by atoms with Gasteiger partial charge in [-0.1, -0.05) is 0 Å². The van der Waals surface area contributed by atoms with Gasteiger partial charge < -0.3 is 15.4 Å². The predicted octanol–water partition coefficient (Wildman–Crippen LogP) is 0.302. The molecule has 1 rings (SSSR count). The van der Waals surface area contributed by atoms with Crippen molar-refractivity contribution in [3.05, 3.63) is 0 Å². The van der Waals surface area contributed by atoms with Crippen LogP contribution >= 0.6 is 0 Å². The lowest BCUT2D eigenvalue weighted by Crippen LogP contribution is -2.51. The highest BCUT2D eigenvalue weighted by atomic mass is 16.5. The van der Waals surface area contributed by atoms with Crippen LogP contribution in [0, 0.1) is 5.92 Å². The van der Waals surface area contributed by atoms with Crippen molar-refractivity contribution in [2.45, 2.75) is 19.9 Å². The molecule has 0 atom stereocenters. The predicted molar refractivity (Wildman–Crippen MR) is 50.1 cm³/mol. The summed E-state index contributed by atoms with van der Waals surface area (Å²) in [5.41, 5.74) is 5.31. The summed E-state index contributed by atoms with van der Waals surface area (Å²) in [6, 6.07) is 0.691. The lowest BCUT2D eigenvalue weighted by molar-refractivity contribution is 0.00150. The largest absolute Gasteiger partial charge is 0.380 e. The maximum Gasteiger partial charge on any atom is 0.0588 e. The normalized spacial score (nSPS) is 20.0. The Hall–Kier alpha value is -0.120. The van der Waals surface area contributed by atoms with Crippen molar-refractivity contribution in [3.63, 3.8) is 0 Å². The molecule has 2 N–H and O–H groups in total. The molecule has 0 bridgehead atoms. The first-order valence-corrected chi connectivity index (χ1v) is 4.76. The van der Waals surface area contributed by atoms with Gasteiger partial charge in [-0.05, 0) is 13.8 Å². The van der Waals surface area contributed by atoms with Gasteiger partial charge in [0.25, 0.3) is 0 Å². The molecular formula is C9H20N2O. The van der Waals surface area contributed by atoms with Crippen molar-refractivity contribution < 1.29 is 4.74 Å². The number of hydrogen-bond acceptors (Lipinski definition) is 3. The zero-order valence-electron chi connectivity index (χ0n) is 8.12. The van der Waals surface area contributed by atoms with E-state index in [0.717, 1.165) is 12.5 Å². The second-order valence-corrected chi connectivity index (χ2v) is 3.78. The van der Waals surface area contributed by atoms with E-state index in [1.54, 1.807) is 0 Å². The molecule has 0 aromatic carbocycles. The lowest BCUT2D eigenvalue weighted by atomic mass is 9.99. The fourth-order valence-electron chi connectivity index (χ4n) is 1.47. The third-order valence-electron chi connectivity index (χ3n) is 2.33. The van der Waals surface area contributed by atoms with E-state index in [2.05, 4.69) is 18.7 Å². The molecule has 1 aliphatic heterocycles. The van der Waals surface area contributed by atoms with E-state index in [0.29, 0.717) is 19.2 Å². The van der Waals surface area contributed by atoms with Gasteiger partial charge >= 0.3 is 0 Å². The zero-order valence-corrected chi connectivity index (χ0v) is 8.12. The highest BCUT2D eigenvalue weighted by Gasteiger charge is 2.27. The molecule has 0 aromatic heterocycles. The minimum atomic E-state index is 0.639. The third kappa shape index (κ3) is 2.73. The first-order chi connectivity index (χ1) is 5.74. The van der Waals surface area contributed by atoms with Crippen LogP contribution in [0.3, 0.4) is 0 Å². The van der Waals surface area contributed by atoms with Gasteiger partial charge in [-0.2, -0.15) is 0 Å². The topological polar surface area (TPSA) is 38.5 Å². The number of ether oxygens (including phenoxy) is 1. The summed E-state index contributed by atoms with van der Waals surface area (Å²) >= 11 is 0. The Kier molecular flexibility index (Phi) is 3.98. The van der Waals surface area contributed by atoms with Gasteiger partial charge in [-0.25, -0.2) is 0 Å². The van der Waals surface area contributed by atoms with Gasteiger partial charge in [-0.15, -0.1) is 0 Å². The fourth-order valence-corrected chi connectivity index (χ4v) is 1.47. The Morgan fingerprint density at radius 1 is 1.50 bits per heavy atom. The van der Waals surface area contributed by atoms with Crippen molar-refractivity contribution in [1.29, 1.82) is 0 Å². The molecule has 0 aromatic rings. The lowest BCUT2D eigenvalue weighted by Gasteiger charge is -2.41. The van der Waals surface area contributed by atoms with Crippen molar-refractivity contribution in [2.75, 3.05) is 32.8 Å². The van der Waals surface area contributed by atoms with Gasteiger partial charge in [0, 0.05) is 31.6 Å². The fraction of sp³-hybridized carbons (Fsp3) is 1.00. The number of nitrogens with zero attached hydrogens (tertiary/aromatic N) is 1. The molecule has 0 amide bonds. The zero-order chi connectivity index (χ0) is 8.97. The van der Waals surface area contributed by atoms with E-state index in [-0.39, 0.29) is 0 Å². The molecule has 1 aliphatic rings. The molecular weight excluding hydrogens is 152 g/mol. The maximum absolute atomic E-state index is 5.36. The summed E-state index contributed by atoms with van der Waals surface area (Å²) in [4.78, 5) is 2.45. The van der Waals surface area contributed by atoms with Crippen LogP contribution in [-0.4, -0.2) is 43.8 Å². The number of nitrogens with two attached hydrogens (primary N) is 1. The molecule has 0 unspecified atom stereocenters. The molecule has 3 nitrogen and oxygen atoms in total. The minimum Gasteiger partial charge on any atom is -0.380 e. The smallest absolute Gasteiger partial charge is 0.0588 e. The molecule has 3 heteroatoms. The summed E-state index contributed by atoms with van der Waals surface area (Å²) in [5.74, 6) is 0.749. The molecule has 1 heterocycles. The number of likely N-dealkylation sites (tertiary alicyclic amines) is 1. The molecule has 0 radical (unpaired) electrons. The van der Waals surface area contributed by atoms with E-state index in [1.807, 2.05) is 0 Å². The van der Waals surface area contributed by atoms with Crippen molar-refractivity contribution in [2.24, 2.45) is 11.7 Å². The van der Waals surface area contributed by atoms with E-state index in [9.17, 15) is 0 Å². The molecule has 1 saturated heterocycles. The second kappa shape index (κ2) is 4.80. The standard InChI is InChI=1S/C9H20N2O/c1-8(2)11-5-9(6-11)7-12-4-3-10/h8-9H,3-7,10H2,1-2H3.